The minimum absolute atomic E-state index is 0. The van der Waals surface area contributed by atoms with Crippen LogP contribution in [0.4, 0.5) is 0 Å². The van der Waals surface area contributed by atoms with Crippen LogP contribution in [0.25, 0.3) is 0 Å². The van der Waals surface area contributed by atoms with Crippen LogP contribution >= 0.6 is 11.6 Å². The van der Waals surface area contributed by atoms with Gasteiger partial charge in [0.15, 0.2) is 0 Å². The second kappa shape index (κ2) is 8.67. The molecule has 2 aliphatic rings. The van der Waals surface area contributed by atoms with Crippen LogP contribution in [0.2, 0.25) is 5.02 Å². The molecule has 0 aromatic heterocycles. The molecule has 2 fully saturated rings. The lowest BCUT2D eigenvalue weighted by molar-refractivity contribution is -0.0676. The van der Waals surface area contributed by atoms with Gasteiger partial charge < -0.3 is 9.47 Å². The van der Waals surface area contributed by atoms with Crippen molar-refractivity contribution >= 4 is 34.7 Å². The maximum atomic E-state index is 6.02. The highest BCUT2D eigenvalue weighted by atomic mass is 35.5. The van der Waals surface area contributed by atoms with Gasteiger partial charge in [-0.05, 0) is 17.7 Å². The lowest BCUT2D eigenvalue weighted by Gasteiger charge is -2.43. The third-order valence-corrected chi connectivity index (χ3v) is 4.20. The van der Waals surface area contributed by atoms with Gasteiger partial charge in [0.25, 0.3) is 0 Å². The zero-order valence-corrected chi connectivity index (χ0v) is 12.4. The molecule has 1 aromatic carbocycles. The normalized spacial score (nSPS) is 21.2. The Morgan fingerprint density at radius 3 is 1.67 bits per heavy atom. The minimum atomic E-state index is 0. The molecular weight excluding hydrogens is 300 g/mol. The van der Waals surface area contributed by atoms with Crippen LogP contribution in [-0.4, -0.2) is 85.5 Å². The average molecular weight is 323 g/mol. The fraction of sp³-hybridized carbons (Fsp3) is 0.600. The third kappa shape index (κ3) is 4.54. The highest BCUT2D eigenvalue weighted by Crippen LogP contribution is 2.27. The first kappa shape index (κ1) is 17.5. The van der Waals surface area contributed by atoms with Crippen LogP contribution in [0, 0.1) is 0 Å². The summed E-state index contributed by atoms with van der Waals surface area (Å²) in [6, 6.07) is 8.23. The zero-order valence-electron chi connectivity index (χ0n) is 11.6. The molecule has 1 aromatic rings. The highest BCUT2D eigenvalue weighted by Gasteiger charge is 2.29. The molecule has 0 atom stereocenters. The van der Waals surface area contributed by atoms with Gasteiger partial charge in [-0.15, -0.1) is 0 Å². The third-order valence-electron chi connectivity index (χ3n) is 3.95. The predicted octanol–water partition coefficient (Wildman–Crippen LogP) is 1.09. The van der Waals surface area contributed by atoms with Gasteiger partial charge in [-0.3, -0.25) is 9.80 Å². The van der Waals surface area contributed by atoms with Gasteiger partial charge in [0, 0.05) is 31.2 Å². The van der Waals surface area contributed by atoms with Crippen molar-refractivity contribution in [1.29, 1.82) is 0 Å². The molecule has 2 aliphatic heterocycles. The average Bonchev–Trinajstić information content (AvgIpc) is 2.52. The van der Waals surface area contributed by atoms with Crippen molar-refractivity contribution in [2.75, 3.05) is 52.6 Å². The van der Waals surface area contributed by atoms with Crippen molar-refractivity contribution in [3.05, 3.63) is 34.9 Å². The first-order valence-electron chi connectivity index (χ1n) is 7.24. The molecule has 2 heterocycles. The van der Waals surface area contributed by atoms with E-state index in [2.05, 4.69) is 21.9 Å². The van der Waals surface area contributed by atoms with Crippen LogP contribution < -0.4 is 0 Å². The number of halogens is 1. The van der Waals surface area contributed by atoms with Crippen molar-refractivity contribution in [2.45, 2.75) is 6.17 Å². The molecule has 21 heavy (non-hydrogen) atoms. The molecule has 3 rings (SSSR count). The maximum Gasteiger partial charge on any atom is 0.316 e. The van der Waals surface area contributed by atoms with Gasteiger partial charge in [0.05, 0.1) is 32.6 Å². The molecule has 4 nitrogen and oxygen atoms in total. The molecule has 114 valence electrons. The van der Waals surface area contributed by atoms with E-state index >= 15 is 0 Å². The summed E-state index contributed by atoms with van der Waals surface area (Å²) in [4.78, 5) is 5.00. The van der Waals surface area contributed by atoms with E-state index < -0.39 is 0 Å². The molecule has 0 unspecified atom stereocenters. The minimum Gasteiger partial charge on any atom is -0.379 e. The summed E-state index contributed by atoms with van der Waals surface area (Å²) < 4.78 is 11.0. The topological polar surface area (TPSA) is 24.9 Å². The second-order valence-corrected chi connectivity index (χ2v) is 5.66. The summed E-state index contributed by atoms with van der Waals surface area (Å²) in [5, 5.41) is 0.788. The first-order valence-corrected chi connectivity index (χ1v) is 7.61. The lowest BCUT2D eigenvalue weighted by Crippen LogP contribution is -2.50. The SMILES string of the molecule is Clc1ccc(C(N2CCOCC2)N2CCOCC2)cc1.[MgH2]. The number of hydrogen-bond acceptors (Lipinski definition) is 4. The summed E-state index contributed by atoms with van der Waals surface area (Å²) in [6.07, 6.45) is 0.306. The van der Waals surface area contributed by atoms with Crippen molar-refractivity contribution in [2.24, 2.45) is 0 Å². The highest BCUT2D eigenvalue weighted by molar-refractivity contribution is 6.30. The van der Waals surface area contributed by atoms with E-state index in [1.807, 2.05) is 12.1 Å². The van der Waals surface area contributed by atoms with Gasteiger partial charge in [-0.1, -0.05) is 23.7 Å². The van der Waals surface area contributed by atoms with Crippen LogP contribution in [0.1, 0.15) is 11.7 Å². The van der Waals surface area contributed by atoms with E-state index in [1.54, 1.807) is 0 Å². The van der Waals surface area contributed by atoms with Crippen molar-refractivity contribution < 1.29 is 9.47 Å². The maximum absolute atomic E-state index is 6.02. The monoisotopic (exact) mass is 322 g/mol. The van der Waals surface area contributed by atoms with Gasteiger partial charge in [0.1, 0.15) is 0 Å². The number of benzene rings is 1. The Bertz CT molecular complexity index is 402. The Kier molecular flexibility index (Phi) is 7.21. The molecule has 6 heteroatoms. The Morgan fingerprint density at radius 1 is 0.810 bits per heavy atom. The Morgan fingerprint density at radius 2 is 1.24 bits per heavy atom. The standard InChI is InChI=1S/C15H21ClN2O2.Mg.2H/c16-14-3-1-13(2-4-14)15(17-5-9-19-10-6-17)18-7-11-20-12-8-18;;;/h1-4,15H,5-12H2;;;. The van der Waals surface area contributed by atoms with E-state index in [4.69, 9.17) is 21.1 Å². The van der Waals surface area contributed by atoms with E-state index in [-0.39, 0.29) is 23.1 Å². The number of rotatable bonds is 3. The fourth-order valence-corrected chi connectivity index (χ4v) is 3.06. The van der Waals surface area contributed by atoms with Crippen LogP contribution in [0.15, 0.2) is 24.3 Å². The van der Waals surface area contributed by atoms with Gasteiger partial charge in [-0.2, -0.15) is 0 Å². The molecule has 0 N–H and O–H groups in total. The van der Waals surface area contributed by atoms with E-state index in [1.165, 1.54) is 5.56 Å². The summed E-state index contributed by atoms with van der Waals surface area (Å²) in [6.45, 7) is 7.16. The van der Waals surface area contributed by atoms with Gasteiger partial charge >= 0.3 is 23.1 Å². The second-order valence-electron chi connectivity index (χ2n) is 5.22. The Balaban J connectivity index is 0.00000161. The summed E-state index contributed by atoms with van der Waals surface area (Å²) in [5.74, 6) is 0. The van der Waals surface area contributed by atoms with E-state index in [0.29, 0.717) is 6.17 Å². The lowest BCUT2D eigenvalue weighted by atomic mass is 10.1. The zero-order chi connectivity index (χ0) is 13.8. The van der Waals surface area contributed by atoms with Crippen molar-refractivity contribution in [3.63, 3.8) is 0 Å². The molecule has 0 radical (unpaired) electrons. The Hall–Kier alpha value is 0.116. The molecule has 0 amide bonds. The smallest absolute Gasteiger partial charge is 0.316 e. The van der Waals surface area contributed by atoms with E-state index in [0.717, 1.165) is 57.6 Å². The molecular formula is C15H23ClMgN2O2. The molecule has 0 bridgehead atoms. The molecule has 0 aliphatic carbocycles. The first-order chi connectivity index (χ1) is 9.84. The van der Waals surface area contributed by atoms with Crippen molar-refractivity contribution in [1.82, 2.24) is 9.80 Å². The predicted molar refractivity (Wildman–Crippen MR) is 87.5 cm³/mol. The van der Waals surface area contributed by atoms with Crippen LogP contribution in [0.5, 0.6) is 0 Å². The molecule has 0 saturated carbocycles. The van der Waals surface area contributed by atoms with Crippen LogP contribution in [-0.2, 0) is 9.47 Å². The fourth-order valence-electron chi connectivity index (χ4n) is 2.93. The quantitative estimate of drug-likeness (QED) is 0.778. The van der Waals surface area contributed by atoms with Crippen molar-refractivity contribution in [3.8, 4) is 0 Å². The summed E-state index contributed by atoms with van der Waals surface area (Å²) in [7, 11) is 0. The van der Waals surface area contributed by atoms with Gasteiger partial charge in [0.2, 0.25) is 0 Å². The number of ether oxygens (including phenoxy) is 2. The summed E-state index contributed by atoms with van der Waals surface area (Å²) in [5.41, 5.74) is 1.30. The molecule has 2 saturated heterocycles. The number of nitrogens with zero attached hydrogens (tertiary/aromatic N) is 2. The summed E-state index contributed by atoms with van der Waals surface area (Å²) >= 11 is 6.02. The Labute approximate surface area is 147 Å². The largest absolute Gasteiger partial charge is 0.379 e. The van der Waals surface area contributed by atoms with Crippen LogP contribution in [0.3, 0.4) is 0 Å². The van der Waals surface area contributed by atoms with E-state index in [9.17, 15) is 0 Å². The van der Waals surface area contributed by atoms with Gasteiger partial charge in [-0.25, -0.2) is 0 Å². The molecule has 0 spiro atoms. The number of hydrogen-bond donors (Lipinski definition) is 0. The number of morpholine rings is 2.